The number of thiazole rings is 1. The van der Waals surface area contributed by atoms with Gasteiger partial charge in [0.25, 0.3) is 0 Å². The SMILES string of the molecule is Cc1ccc2nc(NC(=O)Nc3cc(F)cc(C#N)c3)sc2n1. The Bertz CT molecular complexity index is 947. The largest absolute Gasteiger partial charge is 0.325 e. The third-order valence-electron chi connectivity index (χ3n) is 2.90. The van der Waals surface area contributed by atoms with E-state index in [9.17, 15) is 9.18 Å². The van der Waals surface area contributed by atoms with Crippen molar-refractivity contribution in [3.05, 3.63) is 47.4 Å². The van der Waals surface area contributed by atoms with Gasteiger partial charge in [0.1, 0.15) is 16.2 Å². The molecule has 8 heteroatoms. The van der Waals surface area contributed by atoms with Crippen LogP contribution in [-0.4, -0.2) is 16.0 Å². The quantitative estimate of drug-likeness (QED) is 0.751. The second kappa shape index (κ2) is 5.98. The Kier molecular flexibility index (Phi) is 3.87. The summed E-state index contributed by atoms with van der Waals surface area (Å²) in [6.45, 7) is 1.87. The second-order valence-electron chi connectivity index (χ2n) is 4.72. The van der Waals surface area contributed by atoms with Crippen LogP contribution in [0.4, 0.5) is 20.0 Å². The summed E-state index contributed by atoms with van der Waals surface area (Å²) in [6, 6.07) is 8.51. The molecular weight excluding hydrogens is 317 g/mol. The minimum Gasteiger partial charge on any atom is -0.308 e. The molecule has 6 nitrogen and oxygen atoms in total. The first-order chi connectivity index (χ1) is 11.0. The maximum atomic E-state index is 13.3. The van der Waals surface area contributed by atoms with Crippen molar-refractivity contribution in [1.29, 1.82) is 5.26 Å². The molecule has 114 valence electrons. The zero-order valence-corrected chi connectivity index (χ0v) is 12.7. The molecule has 0 bridgehead atoms. The topological polar surface area (TPSA) is 90.7 Å². The third-order valence-corrected chi connectivity index (χ3v) is 3.78. The number of aromatic nitrogens is 2. The third kappa shape index (κ3) is 3.41. The van der Waals surface area contributed by atoms with Gasteiger partial charge in [0.05, 0.1) is 11.6 Å². The predicted molar refractivity (Wildman–Crippen MR) is 85.9 cm³/mol. The fourth-order valence-electron chi connectivity index (χ4n) is 1.95. The summed E-state index contributed by atoms with van der Waals surface area (Å²) in [6.07, 6.45) is 0. The van der Waals surface area contributed by atoms with Gasteiger partial charge in [0.2, 0.25) is 0 Å². The average Bonchev–Trinajstić information content (AvgIpc) is 2.87. The molecule has 0 saturated carbocycles. The van der Waals surface area contributed by atoms with Crippen molar-refractivity contribution in [2.45, 2.75) is 6.92 Å². The molecule has 3 rings (SSSR count). The average molecular weight is 327 g/mol. The zero-order chi connectivity index (χ0) is 16.4. The van der Waals surface area contributed by atoms with Crippen molar-refractivity contribution >= 4 is 38.5 Å². The summed E-state index contributed by atoms with van der Waals surface area (Å²) in [4.78, 5) is 21.2. The van der Waals surface area contributed by atoms with E-state index in [1.165, 1.54) is 17.4 Å². The van der Waals surface area contributed by atoms with E-state index in [1.807, 2.05) is 25.1 Å². The standard InChI is InChI=1S/C15H10FN5OS/c1-8-2-3-12-13(18-8)23-15(20-12)21-14(22)19-11-5-9(7-17)4-10(16)6-11/h2-6H,1H3,(H2,19,20,21,22). The number of benzene rings is 1. The van der Waals surface area contributed by atoms with E-state index in [1.54, 1.807) is 0 Å². The first-order valence-corrected chi connectivity index (χ1v) is 7.38. The Morgan fingerprint density at radius 1 is 1.26 bits per heavy atom. The van der Waals surface area contributed by atoms with Gasteiger partial charge in [-0.2, -0.15) is 5.26 Å². The Balaban J connectivity index is 1.76. The van der Waals surface area contributed by atoms with Crippen LogP contribution in [0.25, 0.3) is 10.3 Å². The molecule has 1 aromatic carbocycles. The van der Waals surface area contributed by atoms with Crippen molar-refractivity contribution in [1.82, 2.24) is 9.97 Å². The molecule has 0 aliphatic heterocycles. The van der Waals surface area contributed by atoms with Gasteiger partial charge in [-0.1, -0.05) is 11.3 Å². The zero-order valence-electron chi connectivity index (χ0n) is 11.9. The number of amides is 2. The number of carbonyl (C=O) groups excluding carboxylic acids is 1. The number of pyridine rings is 1. The first kappa shape index (κ1) is 14.9. The number of anilines is 2. The van der Waals surface area contributed by atoms with Crippen molar-refractivity contribution in [2.75, 3.05) is 10.6 Å². The summed E-state index contributed by atoms with van der Waals surface area (Å²) in [5, 5.41) is 14.2. The number of nitriles is 1. The van der Waals surface area contributed by atoms with Crippen molar-refractivity contribution in [3.8, 4) is 6.07 Å². The lowest BCUT2D eigenvalue weighted by atomic mass is 10.2. The lowest BCUT2D eigenvalue weighted by Crippen LogP contribution is -2.19. The van der Waals surface area contributed by atoms with Gasteiger partial charge in [-0.3, -0.25) is 5.32 Å². The normalized spacial score (nSPS) is 10.3. The van der Waals surface area contributed by atoms with Crippen LogP contribution in [0.3, 0.4) is 0 Å². The molecule has 2 heterocycles. The second-order valence-corrected chi connectivity index (χ2v) is 5.69. The number of hydrogen-bond acceptors (Lipinski definition) is 5. The molecule has 0 fully saturated rings. The Morgan fingerprint density at radius 2 is 2.09 bits per heavy atom. The van der Waals surface area contributed by atoms with Gasteiger partial charge < -0.3 is 5.32 Å². The first-order valence-electron chi connectivity index (χ1n) is 6.56. The molecule has 2 N–H and O–H groups in total. The molecule has 0 aliphatic rings. The van der Waals surface area contributed by atoms with Crippen LogP contribution in [-0.2, 0) is 0 Å². The van der Waals surface area contributed by atoms with Crippen LogP contribution in [0.1, 0.15) is 11.3 Å². The van der Waals surface area contributed by atoms with Crippen LogP contribution in [0.15, 0.2) is 30.3 Å². The van der Waals surface area contributed by atoms with Crippen LogP contribution in [0.2, 0.25) is 0 Å². The van der Waals surface area contributed by atoms with E-state index in [0.717, 1.165) is 22.7 Å². The Morgan fingerprint density at radius 3 is 2.87 bits per heavy atom. The van der Waals surface area contributed by atoms with Gasteiger partial charge in [-0.05, 0) is 37.3 Å². The van der Waals surface area contributed by atoms with Gasteiger partial charge in [0.15, 0.2) is 5.13 Å². The number of aryl methyl sites for hydroxylation is 1. The molecular formula is C15H10FN5OS. The number of hydrogen-bond donors (Lipinski definition) is 2. The minimum absolute atomic E-state index is 0.125. The van der Waals surface area contributed by atoms with Gasteiger partial charge >= 0.3 is 6.03 Å². The molecule has 2 amide bonds. The Labute approximate surface area is 134 Å². The molecule has 23 heavy (non-hydrogen) atoms. The van der Waals surface area contributed by atoms with Crippen molar-refractivity contribution < 1.29 is 9.18 Å². The number of nitrogens with zero attached hydrogens (tertiary/aromatic N) is 3. The summed E-state index contributed by atoms with van der Waals surface area (Å²) >= 11 is 1.24. The molecule has 3 aromatic rings. The van der Waals surface area contributed by atoms with Crippen LogP contribution < -0.4 is 10.6 Å². The van der Waals surface area contributed by atoms with Crippen molar-refractivity contribution in [3.63, 3.8) is 0 Å². The fraction of sp³-hybridized carbons (Fsp3) is 0.0667. The van der Waals surface area contributed by atoms with E-state index in [0.29, 0.717) is 10.6 Å². The van der Waals surface area contributed by atoms with E-state index >= 15 is 0 Å². The van der Waals surface area contributed by atoms with E-state index in [2.05, 4.69) is 20.6 Å². The lowest BCUT2D eigenvalue weighted by Gasteiger charge is -2.05. The molecule has 0 saturated heterocycles. The van der Waals surface area contributed by atoms with Crippen LogP contribution >= 0.6 is 11.3 Å². The number of fused-ring (bicyclic) bond motifs is 1. The number of carbonyl (C=O) groups is 1. The van der Waals surface area contributed by atoms with Crippen LogP contribution in [0, 0.1) is 24.1 Å². The van der Waals surface area contributed by atoms with Gasteiger partial charge in [-0.15, -0.1) is 0 Å². The summed E-state index contributed by atoms with van der Waals surface area (Å²) < 4.78 is 13.3. The van der Waals surface area contributed by atoms with Crippen LogP contribution in [0.5, 0.6) is 0 Å². The highest BCUT2D eigenvalue weighted by molar-refractivity contribution is 7.21. The van der Waals surface area contributed by atoms with Gasteiger partial charge in [-0.25, -0.2) is 19.2 Å². The Hall–Kier alpha value is -3.05. The monoisotopic (exact) mass is 327 g/mol. The maximum Gasteiger partial charge on any atom is 0.325 e. The summed E-state index contributed by atoms with van der Waals surface area (Å²) in [7, 11) is 0. The lowest BCUT2D eigenvalue weighted by molar-refractivity contribution is 0.262. The summed E-state index contributed by atoms with van der Waals surface area (Å²) in [5.41, 5.74) is 1.86. The van der Waals surface area contributed by atoms with Gasteiger partial charge in [0, 0.05) is 11.4 Å². The number of urea groups is 1. The summed E-state index contributed by atoms with van der Waals surface area (Å²) in [5.74, 6) is -0.598. The molecule has 0 unspecified atom stereocenters. The van der Waals surface area contributed by atoms with Crippen molar-refractivity contribution in [2.24, 2.45) is 0 Å². The predicted octanol–water partition coefficient (Wildman–Crippen LogP) is 3.65. The molecule has 0 atom stereocenters. The number of halogens is 1. The highest BCUT2D eigenvalue weighted by Gasteiger charge is 2.10. The van der Waals surface area contributed by atoms with E-state index in [-0.39, 0.29) is 11.3 Å². The molecule has 2 aromatic heterocycles. The van der Waals surface area contributed by atoms with E-state index < -0.39 is 11.8 Å². The molecule has 0 spiro atoms. The molecule has 0 radical (unpaired) electrons. The van der Waals surface area contributed by atoms with E-state index in [4.69, 9.17) is 5.26 Å². The smallest absolute Gasteiger partial charge is 0.308 e. The number of rotatable bonds is 2. The minimum atomic E-state index is -0.598. The molecule has 0 aliphatic carbocycles. The number of nitrogens with one attached hydrogen (secondary N) is 2. The highest BCUT2D eigenvalue weighted by Crippen LogP contribution is 2.24. The maximum absolute atomic E-state index is 13.3. The highest BCUT2D eigenvalue weighted by atomic mass is 32.1. The fourth-order valence-corrected chi connectivity index (χ4v) is 2.83.